The van der Waals surface area contributed by atoms with Gasteiger partial charge in [-0.1, -0.05) is 41.3 Å². The van der Waals surface area contributed by atoms with Crippen LogP contribution in [0.15, 0.2) is 40.9 Å². The standard InChI is InChI=1S/C22H18FN2O/c1-15-21(16(2)26-24-15)10-8-18-7-9-20(23)13-22(18)25-12-11-17-5-3-4-6-19(17)14-25/h3-7,13H,11-12,14H2,1-2H3. The molecule has 0 saturated carbocycles. The molecule has 0 spiro atoms. The number of fused-ring (bicyclic) bond motifs is 1. The Balaban J connectivity index is 1.71. The van der Waals surface area contributed by atoms with Crippen LogP contribution < -0.4 is 4.90 Å². The molecule has 3 aromatic rings. The summed E-state index contributed by atoms with van der Waals surface area (Å²) in [5.41, 5.74) is 5.73. The zero-order valence-corrected chi connectivity index (χ0v) is 14.8. The van der Waals surface area contributed by atoms with Crippen LogP contribution >= 0.6 is 0 Å². The molecule has 0 aliphatic carbocycles. The minimum Gasteiger partial charge on any atom is -0.366 e. The maximum atomic E-state index is 13.9. The summed E-state index contributed by atoms with van der Waals surface area (Å²) in [7, 11) is 0. The molecule has 3 nitrogen and oxygen atoms in total. The van der Waals surface area contributed by atoms with Crippen LogP contribution in [0.5, 0.6) is 0 Å². The van der Waals surface area contributed by atoms with E-state index in [1.54, 1.807) is 6.07 Å². The third-order valence-electron chi connectivity index (χ3n) is 4.72. The molecular formula is C22H18FN2O. The molecule has 0 atom stereocenters. The fourth-order valence-corrected chi connectivity index (χ4v) is 3.31. The van der Waals surface area contributed by atoms with E-state index < -0.39 is 0 Å². The van der Waals surface area contributed by atoms with E-state index in [1.807, 2.05) is 19.9 Å². The number of aromatic nitrogens is 1. The summed E-state index contributed by atoms with van der Waals surface area (Å²) in [5, 5.41) is 3.92. The predicted molar refractivity (Wildman–Crippen MR) is 98.4 cm³/mol. The number of anilines is 1. The smallest absolute Gasteiger partial charge is 0.149 e. The zero-order chi connectivity index (χ0) is 18.1. The maximum Gasteiger partial charge on any atom is 0.149 e. The van der Waals surface area contributed by atoms with Crippen molar-refractivity contribution in [2.75, 3.05) is 11.4 Å². The number of hydrogen-bond acceptors (Lipinski definition) is 3. The SMILES string of the molecule is Cc1noc(C)c1C#Cc1c[c]c(F)cc1N1CCc2ccccc2C1. The Kier molecular flexibility index (Phi) is 4.22. The lowest BCUT2D eigenvalue weighted by Gasteiger charge is -2.31. The molecular weight excluding hydrogens is 327 g/mol. The van der Waals surface area contributed by atoms with Crippen molar-refractivity contribution in [3.05, 3.63) is 82.0 Å². The highest BCUT2D eigenvalue weighted by Gasteiger charge is 2.18. The minimum atomic E-state index is -0.373. The first kappa shape index (κ1) is 16.4. The number of benzene rings is 2. The molecule has 0 unspecified atom stereocenters. The summed E-state index contributed by atoms with van der Waals surface area (Å²) in [6.45, 7) is 5.28. The van der Waals surface area contributed by atoms with Crippen molar-refractivity contribution in [3.8, 4) is 11.8 Å². The molecule has 1 aliphatic heterocycles. The lowest BCUT2D eigenvalue weighted by molar-refractivity contribution is 0.393. The number of halogens is 1. The van der Waals surface area contributed by atoms with Crippen LogP contribution in [0.3, 0.4) is 0 Å². The Labute approximate surface area is 152 Å². The van der Waals surface area contributed by atoms with Gasteiger partial charge in [-0.15, -0.1) is 0 Å². The lowest BCUT2D eigenvalue weighted by atomic mass is 9.98. The highest BCUT2D eigenvalue weighted by molar-refractivity contribution is 5.63. The van der Waals surface area contributed by atoms with Gasteiger partial charge in [-0.25, -0.2) is 4.39 Å². The van der Waals surface area contributed by atoms with Crippen LogP contribution in [0.1, 0.15) is 33.7 Å². The molecule has 0 N–H and O–H groups in total. The molecule has 26 heavy (non-hydrogen) atoms. The van der Waals surface area contributed by atoms with E-state index in [0.717, 1.165) is 42.0 Å². The first-order chi connectivity index (χ1) is 12.6. The Morgan fingerprint density at radius 3 is 2.77 bits per heavy atom. The largest absolute Gasteiger partial charge is 0.366 e. The van der Waals surface area contributed by atoms with Crippen molar-refractivity contribution in [2.45, 2.75) is 26.8 Å². The van der Waals surface area contributed by atoms with Gasteiger partial charge in [0.2, 0.25) is 0 Å². The first-order valence-electron chi connectivity index (χ1n) is 8.59. The molecule has 129 valence electrons. The molecule has 0 fully saturated rings. The molecule has 0 saturated heterocycles. The van der Waals surface area contributed by atoms with E-state index in [4.69, 9.17) is 4.52 Å². The van der Waals surface area contributed by atoms with Gasteiger partial charge in [-0.2, -0.15) is 0 Å². The summed E-state index contributed by atoms with van der Waals surface area (Å²) in [6, 6.07) is 14.2. The summed E-state index contributed by atoms with van der Waals surface area (Å²) in [6.07, 6.45) is 0.938. The topological polar surface area (TPSA) is 29.3 Å². The first-order valence-corrected chi connectivity index (χ1v) is 8.59. The van der Waals surface area contributed by atoms with Crippen LogP contribution in [0, 0.1) is 37.6 Å². The van der Waals surface area contributed by atoms with Crippen molar-refractivity contribution in [1.29, 1.82) is 0 Å². The average molecular weight is 345 g/mol. The molecule has 4 heteroatoms. The van der Waals surface area contributed by atoms with Gasteiger partial charge in [-0.3, -0.25) is 0 Å². The van der Waals surface area contributed by atoms with Crippen LogP contribution in [0.25, 0.3) is 0 Å². The molecule has 2 heterocycles. The van der Waals surface area contributed by atoms with Crippen LogP contribution in [-0.2, 0) is 13.0 Å². The molecule has 0 bridgehead atoms. The van der Waals surface area contributed by atoms with Gasteiger partial charge in [0.1, 0.15) is 11.6 Å². The monoisotopic (exact) mass is 345 g/mol. The van der Waals surface area contributed by atoms with Gasteiger partial charge in [-0.05, 0) is 43.5 Å². The van der Waals surface area contributed by atoms with Gasteiger partial charge in [0.15, 0.2) is 0 Å². The van der Waals surface area contributed by atoms with Gasteiger partial charge in [0.25, 0.3) is 0 Å². The quantitative estimate of drug-likeness (QED) is 0.619. The van der Waals surface area contributed by atoms with E-state index in [2.05, 4.69) is 46.2 Å². The molecule has 1 aromatic heterocycles. The molecule has 4 rings (SSSR count). The lowest BCUT2D eigenvalue weighted by Crippen LogP contribution is -2.30. The van der Waals surface area contributed by atoms with Crippen molar-refractivity contribution >= 4 is 5.69 Å². The number of hydrogen-bond donors (Lipinski definition) is 0. The number of rotatable bonds is 1. The minimum absolute atomic E-state index is 0.373. The third kappa shape index (κ3) is 3.09. The van der Waals surface area contributed by atoms with Crippen LogP contribution in [0.2, 0.25) is 0 Å². The molecule has 0 amide bonds. The second-order valence-electron chi connectivity index (χ2n) is 6.47. The Morgan fingerprint density at radius 2 is 2.00 bits per heavy atom. The predicted octanol–water partition coefficient (Wildman–Crippen LogP) is 4.19. The molecule has 2 aromatic carbocycles. The third-order valence-corrected chi connectivity index (χ3v) is 4.72. The Morgan fingerprint density at radius 1 is 1.19 bits per heavy atom. The van der Waals surface area contributed by atoms with Crippen molar-refractivity contribution in [3.63, 3.8) is 0 Å². The van der Waals surface area contributed by atoms with E-state index in [1.165, 1.54) is 17.2 Å². The van der Waals surface area contributed by atoms with Gasteiger partial charge in [0, 0.05) is 24.7 Å². The maximum absolute atomic E-state index is 13.9. The van der Waals surface area contributed by atoms with Crippen molar-refractivity contribution in [1.82, 2.24) is 5.16 Å². The summed E-state index contributed by atoms with van der Waals surface area (Å²) in [4.78, 5) is 2.18. The van der Waals surface area contributed by atoms with Crippen LogP contribution in [0.4, 0.5) is 10.1 Å². The molecule has 1 aliphatic rings. The highest BCUT2D eigenvalue weighted by Crippen LogP contribution is 2.28. The normalized spacial score (nSPS) is 13.1. The average Bonchev–Trinajstić information content (AvgIpc) is 2.98. The van der Waals surface area contributed by atoms with Gasteiger partial charge < -0.3 is 9.42 Å². The second-order valence-corrected chi connectivity index (χ2v) is 6.47. The van der Waals surface area contributed by atoms with E-state index >= 15 is 0 Å². The molecule has 1 radical (unpaired) electrons. The second kappa shape index (κ2) is 6.68. The Bertz CT molecular complexity index is 1010. The van der Waals surface area contributed by atoms with Crippen molar-refractivity contribution < 1.29 is 8.91 Å². The zero-order valence-electron chi connectivity index (χ0n) is 14.8. The fourth-order valence-electron chi connectivity index (χ4n) is 3.31. The summed E-state index contributed by atoms with van der Waals surface area (Å²) >= 11 is 0. The van der Waals surface area contributed by atoms with E-state index in [0.29, 0.717) is 5.76 Å². The Hall–Kier alpha value is -3.06. The van der Waals surface area contributed by atoms with Crippen molar-refractivity contribution in [2.24, 2.45) is 0 Å². The van der Waals surface area contributed by atoms with E-state index in [9.17, 15) is 4.39 Å². The number of aryl methyl sites for hydroxylation is 2. The summed E-state index contributed by atoms with van der Waals surface area (Å²) in [5.74, 6) is 6.59. The fraction of sp³-hybridized carbons (Fsp3) is 0.227. The van der Waals surface area contributed by atoms with Gasteiger partial charge in [0.05, 0.1) is 16.9 Å². The summed E-state index contributed by atoms with van der Waals surface area (Å²) < 4.78 is 19.0. The van der Waals surface area contributed by atoms with Gasteiger partial charge >= 0.3 is 0 Å². The highest BCUT2D eigenvalue weighted by atomic mass is 19.1. The van der Waals surface area contributed by atoms with E-state index in [-0.39, 0.29) is 5.82 Å². The van der Waals surface area contributed by atoms with Crippen LogP contribution in [-0.4, -0.2) is 11.7 Å². The number of nitrogens with zero attached hydrogens (tertiary/aromatic N) is 2.